The molecule has 1 fully saturated rings. The number of ether oxygens (including phenoxy) is 1. The van der Waals surface area contributed by atoms with Gasteiger partial charge in [-0.3, -0.25) is 9.59 Å². The monoisotopic (exact) mass is 357 g/mol. The summed E-state index contributed by atoms with van der Waals surface area (Å²) in [6.07, 6.45) is 0.610. The topological polar surface area (TPSA) is 84.7 Å². The lowest BCUT2D eigenvalue weighted by atomic mass is 9.95. The number of hydrogen-bond donors (Lipinski definition) is 1. The molecule has 3 rings (SSSR count). The minimum absolute atomic E-state index is 0.0651. The highest BCUT2D eigenvalue weighted by Crippen LogP contribution is 2.24. The van der Waals surface area contributed by atoms with Crippen molar-refractivity contribution in [1.29, 1.82) is 0 Å². The predicted molar refractivity (Wildman–Crippen MR) is 95.4 cm³/mol. The van der Waals surface area contributed by atoms with Crippen LogP contribution in [0.1, 0.15) is 30.3 Å². The molecule has 1 aromatic heterocycles. The fraction of sp³-hybridized carbons (Fsp3) is 0.421. The maximum atomic E-state index is 12.8. The van der Waals surface area contributed by atoms with Crippen LogP contribution in [0.2, 0.25) is 0 Å². The molecular weight excluding hydrogens is 334 g/mol. The van der Waals surface area contributed by atoms with Crippen LogP contribution in [-0.2, 0) is 14.3 Å². The van der Waals surface area contributed by atoms with Crippen molar-refractivity contribution in [2.45, 2.75) is 25.9 Å². The van der Waals surface area contributed by atoms with E-state index in [1.807, 2.05) is 30.3 Å². The predicted octanol–water partition coefficient (Wildman–Crippen LogP) is 2.55. The van der Waals surface area contributed by atoms with E-state index in [2.05, 4.69) is 10.5 Å². The summed E-state index contributed by atoms with van der Waals surface area (Å²) >= 11 is 0. The van der Waals surface area contributed by atoms with Crippen molar-refractivity contribution in [1.82, 2.24) is 10.1 Å². The number of anilines is 1. The van der Waals surface area contributed by atoms with Crippen molar-refractivity contribution in [3.8, 4) is 0 Å². The molecule has 0 spiro atoms. The largest absolute Gasteiger partial charge is 0.367 e. The van der Waals surface area contributed by atoms with Gasteiger partial charge in [-0.05, 0) is 25.3 Å². The van der Waals surface area contributed by atoms with Gasteiger partial charge in [0, 0.05) is 32.2 Å². The van der Waals surface area contributed by atoms with Gasteiger partial charge in [-0.2, -0.15) is 0 Å². The van der Waals surface area contributed by atoms with Crippen LogP contribution in [0.4, 0.5) is 5.82 Å². The minimum atomic E-state index is -0.611. The zero-order valence-corrected chi connectivity index (χ0v) is 15.0. The van der Waals surface area contributed by atoms with Crippen LogP contribution < -0.4 is 5.32 Å². The summed E-state index contributed by atoms with van der Waals surface area (Å²) in [5, 5.41) is 6.54. The molecule has 0 aliphatic carbocycles. The lowest BCUT2D eigenvalue weighted by Gasteiger charge is -2.33. The Balaban J connectivity index is 1.55. The normalized spacial score (nSPS) is 16.3. The number of aryl methyl sites for hydroxylation is 1. The van der Waals surface area contributed by atoms with Gasteiger partial charge >= 0.3 is 0 Å². The summed E-state index contributed by atoms with van der Waals surface area (Å²) in [5.41, 5.74) is 0.835. The SMILES string of the molecule is COC(C(=O)N1CCC(C(=O)Nc2cc(C)on2)CC1)c1ccccc1. The van der Waals surface area contributed by atoms with Crippen LogP contribution in [0.15, 0.2) is 40.9 Å². The summed E-state index contributed by atoms with van der Waals surface area (Å²) in [6, 6.07) is 11.1. The molecule has 7 heteroatoms. The van der Waals surface area contributed by atoms with E-state index >= 15 is 0 Å². The Labute approximate surface area is 152 Å². The molecule has 1 unspecified atom stereocenters. The van der Waals surface area contributed by atoms with Crippen LogP contribution >= 0.6 is 0 Å². The molecule has 1 saturated heterocycles. The highest BCUT2D eigenvalue weighted by Gasteiger charge is 2.31. The third-order valence-electron chi connectivity index (χ3n) is 4.62. The number of methoxy groups -OCH3 is 1. The summed E-state index contributed by atoms with van der Waals surface area (Å²) in [5.74, 6) is 0.775. The van der Waals surface area contributed by atoms with Crippen LogP contribution in [0.5, 0.6) is 0 Å². The highest BCUT2D eigenvalue weighted by molar-refractivity contribution is 5.92. The zero-order valence-electron chi connectivity index (χ0n) is 15.0. The van der Waals surface area contributed by atoms with Crippen molar-refractivity contribution in [3.05, 3.63) is 47.7 Å². The third-order valence-corrected chi connectivity index (χ3v) is 4.62. The van der Waals surface area contributed by atoms with Gasteiger partial charge in [0.2, 0.25) is 5.91 Å². The van der Waals surface area contributed by atoms with E-state index in [-0.39, 0.29) is 17.7 Å². The molecule has 138 valence electrons. The number of piperidine rings is 1. The van der Waals surface area contributed by atoms with E-state index in [1.54, 1.807) is 17.9 Å². The molecule has 1 atom stereocenters. The molecule has 1 aliphatic rings. The fourth-order valence-corrected chi connectivity index (χ4v) is 3.19. The summed E-state index contributed by atoms with van der Waals surface area (Å²) < 4.78 is 10.4. The third kappa shape index (κ3) is 4.11. The van der Waals surface area contributed by atoms with Crippen LogP contribution in [0.25, 0.3) is 0 Å². The van der Waals surface area contributed by atoms with E-state index < -0.39 is 6.10 Å². The number of benzene rings is 1. The molecule has 0 bridgehead atoms. The van der Waals surface area contributed by atoms with Crippen LogP contribution in [0.3, 0.4) is 0 Å². The summed E-state index contributed by atoms with van der Waals surface area (Å²) in [7, 11) is 1.54. The highest BCUT2D eigenvalue weighted by atomic mass is 16.5. The average Bonchev–Trinajstić information content (AvgIpc) is 3.08. The number of rotatable bonds is 5. The van der Waals surface area contributed by atoms with Gasteiger partial charge in [-0.25, -0.2) is 0 Å². The van der Waals surface area contributed by atoms with Crippen LogP contribution in [0, 0.1) is 12.8 Å². The van der Waals surface area contributed by atoms with Crippen molar-refractivity contribution in [3.63, 3.8) is 0 Å². The van der Waals surface area contributed by atoms with Gasteiger partial charge in [0.1, 0.15) is 5.76 Å². The standard InChI is InChI=1S/C19H23N3O4/c1-13-12-16(21-26-13)20-18(23)15-8-10-22(11-9-15)19(24)17(25-2)14-6-4-3-5-7-14/h3-7,12,15,17H,8-11H2,1-2H3,(H,20,21,23). The lowest BCUT2D eigenvalue weighted by Crippen LogP contribution is -2.43. The first-order valence-electron chi connectivity index (χ1n) is 8.69. The Kier molecular flexibility index (Phi) is 5.68. The first kappa shape index (κ1) is 18.1. The molecule has 2 aromatic rings. The lowest BCUT2D eigenvalue weighted by molar-refractivity contribution is -0.144. The summed E-state index contributed by atoms with van der Waals surface area (Å²) in [6.45, 7) is 2.83. The van der Waals surface area contributed by atoms with Gasteiger partial charge in [0.15, 0.2) is 11.9 Å². The zero-order chi connectivity index (χ0) is 18.5. The maximum Gasteiger partial charge on any atom is 0.256 e. The van der Waals surface area contributed by atoms with E-state index in [9.17, 15) is 9.59 Å². The van der Waals surface area contributed by atoms with Gasteiger partial charge in [-0.1, -0.05) is 35.5 Å². The second-order valence-electron chi connectivity index (χ2n) is 6.44. The number of nitrogens with zero attached hydrogens (tertiary/aromatic N) is 2. The number of carbonyl (C=O) groups is 2. The number of likely N-dealkylation sites (tertiary alicyclic amines) is 1. The van der Waals surface area contributed by atoms with Crippen molar-refractivity contribution in [2.75, 3.05) is 25.5 Å². The van der Waals surface area contributed by atoms with Gasteiger partial charge in [-0.15, -0.1) is 0 Å². The number of carbonyl (C=O) groups excluding carboxylic acids is 2. The van der Waals surface area contributed by atoms with E-state index in [0.717, 1.165) is 5.56 Å². The molecule has 0 radical (unpaired) electrons. The Hall–Kier alpha value is -2.67. The maximum absolute atomic E-state index is 12.8. The average molecular weight is 357 g/mol. The Bertz CT molecular complexity index is 751. The number of aromatic nitrogens is 1. The molecular formula is C19H23N3O4. The molecule has 1 N–H and O–H groups in total. The van der Waals surface area contributed by atoms with Gasteiger partial charge < -0.3 is 19.5 Å². The molecule has 0 saturated carbocycles. The first-order valence-corrected chi connectivity index (χ1v) is 8.69. The number of nitrogens with one attached hydrogen (secondary N) is 1. The Morgan fingerprint density at radius 1 is 1.27 bits per heavy atom. The van der Waals surface area contributed by atoms with Gasteiger partial charge in [0.05, 0.1) is 0 Å². The molecule has 26 heavy (non-hydrogen) atoms. The van der Waals surface area contributed by atoms with Crippen LogP contribution in [-0.4, -0.2) is 42.1 Å². The summed E-state index contributed by atoms with van der Waals surface area (Å²) in [4.78, 5) is 26.9. The molecule has 2 amide bonds. The Morgan fingerprint density at radius 3 is 2.54 bits per heavy atom. The van der Waals surface area contributed by atoms with Crippen molar-refractivity contribution >= 4 is 17.6 Å². The van der Waals surface area contributed by atoms with Gasteiger partial charge in [0.25, 0.3) is 5.91 Å². The number of amides is 2. The Morgan fingerprint density at radius 2 is 1.96 bits per heavy atom. The second kappa shape index (κ2) is 8.14. The molecule has 1 aliphatic heterocycles. The number of hydrogen-bond acceptors (Lipinski definition) is 5. The molecule has 2 heterocycles. The fourth-order valence-electron chi connectivity index (χ4n) is 3.19. The van der Waals surface area contributed by atoms with E-state index in [4.69, 9.17) is 9.26 Å². The smallest absolute Gasteiger partial charge is 0.256 e. The quantitative estimate of drug-likeness (QED) is 0.889. The van der Waals surface area contributed by atoms with Crippen molar-refractivity contribution < 1.29 is 18.8 Å². The van der Waals surface area contributed by atoms with Crippen molar-refractivity contribution in [2.24, 2.45) is 5.92 Å². The molecule has 7 nitrogen and oxygen atoms in total. The van der Waals surface area contributed by atoms with E-state index in [0.29, 0.717) is 37.5 Å². The second-order valence-corrected chi connectivity index (χ2v) is 6.44. The van der Waals surface area contributed by atoms with E-state index in [1.165, 1.54) is 7.11 Å². The minimum Gasteiger partial charge on any atom is -0.367 e. The first-order chi connectivity index (χ1) is 12.6. The molecule has 1 aromatic carbocycles.